The second-order valence-electron chi connectivity index (χ2n) is 7.09. The van der Waals surface area contributed by atoms with Gasteiger partial charge in [-0.2, -0.15) is 5.26 Å². The van der Waals surface area contributed by atoms with Crippen molar-refractivity contribution < 1.29 is 23.9 Å². The highest BCUT2D eigenvalue weighted by Gasteiger charge is 2.19. The summed E-state index contributed by atoms with van der Waals surface area (Å²) >= 11 is 6.00. The molecule has 3 aromatic rings. The number of rotatable bonds is 9. The van der Waals surface area contributed by atoms with Crippen molar-refractivity contribution in [1.82, 2.24) is 0 Å². The van der Waals surface area contributed by atoms with Gasteiger partial charge >= 0.3 is 0 Å². The number of nitro groups is 1. The molecule has 0 spiro atoms. The normalized spacial score (nSPS) is 10.7. The van der Waals surface area contributed by atoms with Crippen LogP contribution < -0.4 is 19.5 Å². The molecule has 0 fully saturated rings. The number of nitro benzene ring substituents is 1. The lowest BCUT2D eigenvalue weighted by Gasteiger charge is -2.12. The number of carbonyl (C=O) groups excluding carboxylic acids is 1. The maximum absolute atomic E-state index is 12.7. The molecule has 0 unspecified atom stereocenters. The molecule has 9 nitrogen and oxygen atoms in total. The van der Waals surface area contributed by atoms with Crippen molar-refractivity contribution in [2.24, 2.45) is 0 Å². The highest BCUT2D eigenvalue weighted by atomic mass is 35.5. The zero-order valence-corrected chi connectivity index (χ0v) is 19.5. The standard InChI is InChI=1S/C25H20ClN3O6/c1-33-20-7-8-21(22(13-20)29(31)32)28-25(30)18(14-27)10-16-6-9-23(24(12-16)34-2)35-15-17-4-3-5-19(26)11-17/h3-13H,15H2,1-2H3,(H,28,30)/b18-10+. The predicted octanol–water partition coefficient (Wildman–Crippen LogP) is 5.39. The highest BCUT2D eigenvalue weighted by Crippen LogP contribution is 2.31. The van der Waals surface area contributed by atoms with Gasteiger partial charge in [0.2, 0.25) is 0 Å². The summed E-state index contributed by atoms with van der Waals surface area (Å²) in [6, 6.07) is 17.9. The molecule has 0 saturated carbocycles. The van der Waals surface area contributed by atoms with Gasteiger partial charge in [-0.3, -0.25) is 14.9 Å². The summed E-state index contributed by atoms with van der Waals surface area (Å²) in [6.07, 6.45) is 1.34. The van der Waals surface area contributed by atoms with Crippen LogP contribution in [0.4, 0.5) is 11.4 Å². The van der Waals surface area contributed by atoms with Crippen LogP contribution in [0.5, 0.6) is 17.2 Å². The second kappa shape index (κ2) is 11.5. The van der Waals surface area contributed by atoms with Gasteiger partial charge in [-0.05, 0) is 53.6 Å². The molecule has 0 saturated heterocycles. The van der Waals surface area contributed by atoms with Gasteiger partial charge in [0.15, 0.2) is 11.5 Å². The molecule has 0 bridgehead atoms. The first-order valence-electron chi connectivity index (χ1n) is 10.2. The van der Waals surface area contributed by atoms with Gasteiger partial charge in [0, 0.05) is 5.02 Å². The zero-order valence-electron chi connectivity index (χ0n) is 18.8. The SMILES string of the molecule is COc1ccc(NC(=O)/C(C#N)=C/c2ccc(OCc3cccc(Cl)c3)c(OC)c2)c([N+](=O)[O-])c1. The lowest BCUT2D eigenvalue weighted by Crippen LogP contribution is -2.14. The summed E-state index contributed by atoms with van der Waals surface area (Å²) in [7, 11) is 2.84. The van der Waals surface area contributed by atoms with Gasteiger partial charge < -0.3 is 19.5 Å². The monoisotopic (exact) mass is 493 g/mol. The third kappa shape index (κ3) is 6.50. The van der Waals surface area contributed by atoms with Crippen molar-refractivity contribution in [3.63, 3.8) is 0 Å². The Morgan fingerprint density at radius 2 is 1.91 bits per heavy atom. The molecule has 0 radical (unpaired) electrons. The van der Waals surface area contributed by atoms with E-state index in [-0.39, 0.29) is 29.3 Å². The number of hydrogen-bond acceptors (Lipinski definition) is 7. The maximum atomic E-state index is 12.7. The molecule has 3 aromatic carbocycles. The molecular formula is C25H20ClN3O6. The third-order valence-electron chi connectivity index (χ3n) is 4.80. The maximum Gasteiger partial charge on any atom is 0.296 e. The average Bonchev–Trinajstić information content (AvgIpc) is 2.86. The number of anilines is 1. The van der Waals surface area contributed by atoms with E-state index in [2.05, 4.69) is 5.32 Å². The molecule has 1 amide bonds. The number of nitriles is 1. The Labute approximate surface area is 206 Å². The largest absolute Gasteiger partial charge is 0.496 e. The molecule has 35 heavy (non-hydrogen) atoms. The van der Waals surface area contributed by atoms with Gasteiger partial charge in [-0.25, -0.2) is 0 Å². The number of hydrogen-bond donors (Lipinski definition) is 1. The topological polar surface area (TPSA) is 124 Å². The van der Waals surface area contributed by atoms with Crippen LogP contribution in [0.3, 0.4) is 0 Å². The summed E-state index contributed by atoms with van der Waals surface area (Å²) in [6.45, 7) is 0.262. The molecule has 0 aliphatic carbocycles. The van der Waals surface area contributed by atoms with Crippen molar-refractivity contribution in [2.75, 3.05) is 19.5 Å². The van der Waals surface area contributed by atoms with Crippen LogP contribution in [0, 0.1) is 21.4 Å². The minimum absolute atomic E-state index is 0.0655. The molecule has 3 rings (SSSR count). The van der Waals surface area contributed by atoms with E-state index in [1.807, 2.05) is 18.2 Å². The number of methoxy groups -OCH3 is 2. The Bertz CT molecular complexity index is 1330. The number of ether oxygens (including phenoxy) is 3. The summed E-state index contributed by atoms with van der Waals surface area (Å²) in [5.74, 6) is 0.308. The van der Waals surface area contributed by atoms with Gasteiger partial charge in [0.05, 0.1) is 25.2 Å². The van der Waals surface area contributed by atoms with E-state index in [0.717, 1.165) is 5.56 Å². The molecule has 0 aliphatic heterocycles. The Hall–Kier alpha value is -4.55. The van der Waals surface area contributed by atoms with Crippen molar-refractivity contribution in [3.05, 3.63) is 92.5 Å². The van der Waals surface area contributed by atoms with Gasteiger partial charge in [-0.1, -0.05) is 29.8 Å². The fourth-order valence-corrected chi connectivity index (χ4v) is 3.29. The number of nitrogens with zero attached hydrogens (tertiary/aromatic N) is 2. The molecule has 178 valence electrons. The number of halogens is 1. The number of carbonyl (C=O) groups is 1. The summed E-state index contributed by atoms with van der Waals surface area (Å²) in [5, 5.41) is 23.9. The first-order chi connectivity index (χ1) is 16.8. The van der Waals surface area contributed by atoms with Crippen LogP contribution in [0.25, 0.3) is 6.08 Å². The van der Waals surface area contributed by atoms with Gasteiger partial charge in [0.1, 0.15) is 29.7 Å². The number of benzene rings is 3. The molecule has 0 atom stereocenters. The Morgan fingerprint density at radius 3 is 2.57 bits per heavy atom. The molecule has 10 heteroatoms. The summed E-state index contributed by atoms with van der Waals surface area (Å²) < 4.78 is 16.2. The van der Waals surface area contributed by atoms with Crippen LogP contribution >= 0.6 is 11.6 Å². The van der Waals surface area contributed by atoms with E-state index in [4.69, 9.17) is 25.8 Å². The molecule has 0 aromatic heterocycles. The van der Waals surface area contributed by atoms with E-state index >= 15 is 0 Å². The Kier molecular flexibility index (Phi) is 8.27. The van der Waals surface area contributed by atoms with E-state index in [0.29, 0.717) is 22.1 Å². The van der Waals surface area contributed by atoms with Crippen LogP contribution in [-0.2, 0) is 11.4 Å². The number of amides is 1. The van der Waals surface area contributed by atoms with E-state index in [9.17, 15) is 20.2 Å². The predicted molar refractivity (Wildman–Crippen MR) is 131 cm³/mol. The quantitative estimate of drug-likeness (QED) is 0.183. The molecule has 0 heterocycles. The van der Waals surface area contributed by atoms with Crippen molar-refractivity contribution in [2.45, 2.75) is 6.61 Å². The van der Waals surface area contributed by atoms with Crippen molar-refractivity contribution >= 4 is 35.0 Å². The van der Waals surface area contributed by atoms with Crippen molar-refractivity contribution in [1.29, 1.82) is 5.26 Å². The smallest absolute Gasteiger partial charge is 0.296 e. The lowest BCUT2D eigenvalue weighted by atomic mass is 10.1. The minimum atomic E-state index is -0.805. The third-order valence-corrected chi connectivity index (χ3v) is 5.03. The highest BCUT2D eigenvalue weighted by molar-refractivity contribution is 6.30. The van der Waals surface area contributed by atoms with Crippen LogP contribution in [0.1, 0.15) is 11.1 Å². The molecule has 0 aliphatic rings. The average molecular weight is 494 g/mol. The van der Waals surface area contributed by atoms with Crippen LogP contribution in [0.2, 0.25) is 5.02 Å². The Balaban J connectivity index is 1.80. The van der Waals surface area contributed by atoms with Crippen molar-refractivity contribution in [3.8, 4) is 23.3 Å². The van der Waals surface area contributed by atoms with Gasteiger partial charge in [-0.15, -0.1) is 0 Å². The van der Waals surface area contributed by atoms with E-state index < -0.39 is 10.8 Å². The van der Waals surface area contributed by atoms with Crippen LogP contribution in [-0.4, -0.2) is 25.1 Å². The van der Waals surface area contributed by atoms with Crippen LogP contribution in [0.15, 0.2) is 66.2 Å². The Morgan fingerprint density at radius 1 is 1.11 bits per heavy atom. The summed E-state index contributed by atoms with van der Waals surface area (Å²) in [4.78, 5) is 23.4. The fraction of sp³-hybridized carbons (Fsp3) is 0.120. The minimum Gasteiger partial charge on any atom is -0.496 e. The zero-order chi connectivity index (χ0) is 25.4. The fourth-order valence-electron chi connectivity index (χ4n) is 3.08. The lowest BCUT2D eigenvalue weighted by molar-refractivity contribution is -0.384. The first kappa shape index (κ1) is 25.1. The summed E-state index contributed by atoms with van der Waals surface area (Å²) in [5.41, 5.74) is 0.680. The van der Waals surface area contributed by atoms with E-state index in [1.54, 1.807) is 30.3 Å². The molecular weight excluding hydrogens is 474 g/mol. The van der Waals surface area contributed by atoms with Gasteiger partial charge in [0.25, 0.3) is 11.6 Å². The van der Waals surface area contributed by atoms with E-state index in [1.165, 1.54) is 38.5 Å². The number of nitrogens with one attached hydrogen (secondary N) is 1. The molecule has 1 N–H and O–H groups in total. The first-order valence-corrected chi connectivity index (χ1v) is 10.5. The second-order valence-corrected chi connectivity index (χ2v) is 7.53.